The van der Waals surface area contributed by atoms with E-state index in [1.807, 2.05) is 42.5 Å². The van der Waals surface area contributed by atoms with Crippen molar-refractivity contribution in [2.24, 2.45) is 0 Å². The number of para-hydroxylation sites is 1. The SMILES string of the molecule is O=C(COc1ccccc1)NCC(c1ccco1)N1CCOCC1. The Morgan fingerprint density at radius 3 is 2.67 bits per heavy atom. The first-order valence-corrected chi connectivity index (χ1v) is 8.12. The maximum absolute atomic E-state index is 12.1. The Balaban J connectivity index is 1.52. The van der Waals surface area contributed by atoms with Crippen LogP contribution in [-0.4, -0.2) is 50.3 Å². The predicted molar refractivity (Wildman–Crippen MR) is 88.8 cm³/mol. The lowest BCUT2D eigenvalue weighted by atomic mass is 10.1. The van der Waals surface area contributed by atoms with Crippen LogP contribution in [-0.2, 0) is 9.53 Å². The highest BCUT2D eigenvalue weighted by Gasteiger charge is 2.25. The van der Waals surface area contributed by atoms with E-state index in [4.69, 9.17) is 13.9 Å². The first-order valence-electron chi connectivity index (χ1n) is 8.12. The second-order valence-electron chi connectivity index (χ2n) is 5.59. The molecule has 0 aliphatic carbocycles. The molecule has 6 nitrogen and oxygen atoms in total. The normalized spacial score (nSPS) is 16.5. The number of rotatable bonds is 7. The van der Waals surface area contributed by atoms with Crippen LogP contribution < -0.4 is 10.1 Å². The summed E-state index contributed by atoms with van der Waals surface area (Å²) in [6, 6.07) is 13.1. The number of nitrogens with one attached hydrogen (secondary N) is 1. The van der Waals surface area contributed by atoms with Gasteiger partial charge in [-0.25, -0.2) is 0 Å². The van der Waals surface area contributed by atoms with Crippen LogP contribution >= 0.6 is 0 Å². The fraction of sp³-hybridized carbons (Fsp3) is 0.389. The Bertz CT molecular complexity index is 609. The molecule has 2 aromatic rings. The minimum absolute atomic E-state index is 0.00198. The molecule has 1 aliphatic rings. The molecule has 1 N–H and O–H groups in total. The van der Waals surface area contributed by atoms with Crippen molar-refractivity contribution in [3.63, 3.8) is 0 Å². The van der Waals surface area contributed by atoms with E-state index in [1.165, 1.54) is 0 Å². The van der Waals surface area contributed by atoms with Gasteiger partial charge in [0, 0.05) is 19.6 Å². The van der Waals surface area contributed by atoms with Crippen LogP contribution in [0.3, 0.4) is 0 Å². The lowest BCUT2D eigenvalue weighted by Gasteiger charge is -2.33. The van der Waals surface area contributed by atoms with Crippen molar-refractivity contribution in [2.75, 3.05) is 39.5 Å². The van der Waals surface area contributed by atoms with Gasteiger partial charge in [0.15, 0.2) is 6.61 Å². The molecule has 6 heteroatoms. The standard InChI is InChI=1S/C18H22N2O4/c21-18(14-24-15-5-2-1-3-6-15)19-13-16(17-7-4-10-23-17)20-8-11-22-12-9-20/h1-7,10,16H,8-9,11-14H2,(H,19,21). The van der Waals surface area contributed by atoms with Gasteiger partial charge in [0.1, 0.15) is 11.5 Å². The van der Waals surface area contributed by atoms with Gasteiger partial charge in [0.2, 0.25) is 0 Å². The van der Waals surface area contributed by atoms with E-state index >= 15 is 0 Å². The molecule has 3 rings (SSSR count). The summed E-state index contributed by atoms with van der Waals surface area (Å²) in [6.45, 7) is 3.51. The number of hydrogen-bond acceptors (Lipinski definition) is 5. The van der Waals surface area contributed by atoms with E-state index in [0.29, 0.717) is 25.5 Å². The summed E-state index contributed by atoms with van der Waals surface area (Å²) < 4.78 is 16.4. The van der Waals surface area contributed by atoms with Crippen molar-refractivity contribution in [3.05, 3.63) is 54.5 Å². The zero-order valence-electron chi connectivity index (χ0n) is 13.5. The number of nitrogens with zero attached hydrogens (tertiary/aromatic N) is 1. The fourth-order valence-electron chi connectivity index (χ4n) is 2.71. The first-order chi connectivity index (χ1) is 11.8. The topological polar surface area (TPSA) is 63.9 Å². The van der Waals surface area contributed by atoms with Gasteiger partial charge in [0.25, 0.3) is 5.91 Å². The molecule has 24 heavy (non-hydrogen) atoms. The monoisotopic (exact) mass is 330 g/mol. The molecule has 0 bridgehead atoms. The van der Waals surface area contributed by atoms with Crippen LogP contribution in [0.1, 0.15) is 11.8 Å². The van der Waals surface area contributed by atoms with Gasteiger partial charge in [-0.3, -0.25) is 9.69 Å². The van der Waals surface area contributed by atoms with Gasteiger partial charge in [-0.2, -0.15) is 0 Å². The van der Waals surface area contributed by atoms with E-state index in [-0.39, 0.29) is 18.6 Å². The molecule has 2 heterocycles. The summed E-state index contributed by atoms with van der Waals surface area (Å²) in [5.74, 6) is 1.38. The van der Waals surface area contributed by atoms with Gasteiger partial charge in [-0.15, -0.1) is 0 Å². The molecule has 1 aromatic heterocycles. The van der Waals surface area contributed by atoms with Crippen LogP contribution in [0.15, 0.2) is 53.1 Å². The third kappa shape index (κ3) is 4.59. The van der Waals surface area contributed by atoms with Gasteiger partial charge in [0.05, 0.1) is 25.5 Å². The lowest BCUT2D eigenvalue weighted by molar-refractivity contribution is -0.123. The largest absolute Gasteiger partial charge is 0.484 e. The molecular formula is C18H22N2O4. The molecule has 1 unspecified atom stereocenters. The van der Waals surface area contributed by atoms with Gasteiger partial charge in [-0.1, -0.05) is 18.2 Å². The minimum Gasteiger partial charge on any atom is -0.484 e. The number of furan rings is 1. The molecule has 1 amide bonds. The average Bonchev–Trinajstić information content (AvgIpc) is 3.16. The van der Waals surface area contributed by atoms with Crippen LogP contribution in [0, 0.1) is 0 Å². The number of morpholine rings is 1. The van der Waals surface area contributed by atoms with Crippen molar-refractivity contribution in [1.82, 2.24) is 10.2 Å². The van der Waals surface area contributed by atoms with Crippen molar-refractivity contribution in [3.8, 4) is 5.75 Å². The molecule has 0 spiro atoms. The zero-order valence-corrected chi connectivity index (χ0v) is 13.5. The highest BCUT2D eigenvalue weighted by molar-refractivity contribution is 5.77. The Kier molecular flexibility index (Phi) is 5.87. The lowest BCUT2D eigenvalue weighted by Crippen LogP contribution is -2.44. The number of benzene rings is 1. The third-order valence-corrected chi connectivity index (χ3v) is 3.96. The average molecular weight is 330 g/mol. The quantitative estimate of drug-likeness (QED) is 0.839. The first kappa shape index (κ1) is 16.5. The second kappa shape index (κ2) is 8.52. The Morgan fingerprint density at radius 2 is 1.96 bits per heavy atom. The smallest absolute Gasteiger partial charge is 0.258 e. The molecule has 1 atom stereocenters. The van der Waals surface area contributed by atoms with E-state index in [2.05, 4.69) is 10.2 Å². The van der Waals surface area contributed by atoms with E-state index in [9.17, 15) is 4.79 Å². The van der Waals surface area contributed by atoms with Gasteiger partial charge >= 0.3 is 0 Å². The van der Waals surface area contributed by atoms with E-state index in [1.54, 1.807) is 6.26 Å². The van der Waals surface area contributed by atoms with Crippen LogP contribution in [0.5, 0.6) is 5.75 Å². The molecular weight excluding hydrogens is 308 g/mol. The molecule has 1 saturated heterocycles. The highest BCUT2D eigenvalue weighted by Crippen LogP contribution is 2.21. The maximum atomic E-state index is 12.1. The van der Waals surface area contributed by atoms with Gasteiger partial charge < -0.3 is 19.2 Å². The molecule has 0 saturated carbocycles. The molecule has 1 fully saturated rings. The summed E-state index contributed by atoms with van der Waals surface area (Å²) in [6.07, 6.45) is 1.66. The Hall–Kier alpha value is -2.31. The summed E-state index contributed by atoms with van der Waals surface area (Å²) in [4.78, 5) is 14.3. The number of hydrogen-bond donors (Lipinski definition) is 1. The summed E-state index contributed by atoms with van der Waals surface area (Å²) in [5, 5.41) is 2.93. The maximum Gasteiger partial charge on any atom is 0.258 e. The third-order valence-electron chi connectivity index (χ3n) is 3.96. The number of amides is 1. The van der Waals surface area contributed by atoms with Crippen LogP contribution in [0.25, 0.3) is 0 Å². The Labute approximate surface area is 141 Å². The van der Waals surface area contributed by atoms with Crippen LogP contribution in [0.2, 0.25) is 0 Å². The summed E-state index contributed by atoms with van der Waals surface area (Å²) >= 11 is 0. The van der Waals surface area contributed by atoms with E-state index < -0.39 is 0 Å². The predicted octanol–water partition coefficient (Wildman–Crippen LogP) is 1.85. The highest BCUT2D eigenvalue weighted by atomic mass is 16.5. The zero-order chi connectivity index (χ0) is 16.6. The molecule has 0 radical (unpaired) electrons. The summed E-state index contributed by atoms with van der Waals surface area (Å²) in [5.41, 5.74) is 0. The van der Waals surface area contributed by atoms with E-state index in [0.717, 1.165) is 18.8 Å². The Morgan fingerprint density at radius 1 is 1.17 bits per heavy atom. The molecule has 128 valence electrons. The fourth-order valence-corrected chi connectivity index (χ4v) is 2.71. The molecule has 1 aliphatic heterocycles. The summed E-state index contributed by atoms with van der Waals surface area (Å²) in [7, 11) is 0. The van der Waals surface area contributed by atoms with Crippen molar-refractivity contribution in [2.45, 2.75) is 6.04 Å². The van der Waals surface area contributed by atoms with Crippen molar-refractivity contribution in [1.29, 1.82) is 0 Å². The number of ether oxygens (including phenoxy) is 2. The van der Waals surface area contributed by atoms with Crippen molar-refractivity contribution >= 4 is 5.91 Å². The minimum atomic E-state index is -0.149. The number of carbonyl (C=O) groups excluding carboxylic acids is 1. The van der Waals surface area contributed by atoms with Crippen molar-refractivity contribution < 1.29 is 18.7 Å². The van der Waals surface area contributed by atoms with Crippen LogP contribution in [0.4, 0.5) is 0 Å². The van der Waals surface area contributed by atoms with Gasteiger partial charge in [-0.05, 0) is 24.3 Å². The number of carbonyl (C=O) groups is 1. The molecule has 1 aromatic carbocycles. The second-order valence-corrected chi connectivity index (χ2v) is 5.59.